The second-order valence-corrected chi connectivity index (χ2v) is 7.68. The number of hydrogen-bond donors (Lipinski definition) is 1. The van der Waals surface area contributed by atoms with Crippen molar-refractivity contribution in [2.24, 2.45) is 5.73 Å². The van der Waals surface area contributed by atoms with E-state index in [9.17, 15) is 5.26 Å². The van der Waals surface area contributed by atoms with E-state index in [-0.39, 0.29) is 5.41 Å². The van der Waals surface area contributed by atoms with E-state index in [0.29, 0.717) is 18.7 Å². The van der Waals surface area contributed by atoms with Gasteiger partial charge in [0.15, 0.2) is 0 Å². The van der Waals surface area contributed by atoms with Gasteiger partial charge in [-0.05, 0) is 40.5 Å². The van der Waals surface area contributed by atoms with Gasteiger partial charge in [-0.25, -0.2) is 0 Å². The lowest BCUT2D eigenvalue weighted by Crippen LogP contribution is -2.27. The maximum atomic E-state index is 9.62. The number of allylic oxidation sites excluding steroid dienone is 1. The molecule has 0 atom stereocenters. The Kier molecular flexibility index (Phi) is 6.49. The summed E-state index contributed by atoms with van der Waals surface area (Å²) in [6, 6.07) is 28.2. The van der Waals surface area contributed by atoms with Crippen molar-refractivity contribution in [1.29, 1.82) is 5.26 Å². The van der Waals surface area contributed by atoms with Crippen LogP contribution in [0.2, 0.25) is 0 Å². The zero-order valence-electron chi connectivity index (χ0n) is 16.9. The van der Waals surface area contributed by atoms with E-state index in [2.05, 4.69) is 19.9 Å². The number of nitrogens with two attached hydrogens (primary N) is 1. The summed E-state index contributed by atoms with van der Waals surface area (Å²) in [6.07, 6.45) is 1.89. The van der Waals surface area contributed by atoms with Crippen LogP contribution in [0.4, 0.5) is 0 Å². The molecule has 3 heteroatoms. The zero-order valence-corrected chi connectivity index (χ0v) is 16.9. The minimum Gasteiger partial charge on any atom is -0.489 e. The number of nitrogens with zero attached hydrogens (tertiary/aromatic N) is 1. The Morgan fingerprint density at radius 3 is 2.21 bits per heavy atom. The SMILES string of the molecule is CC(C)(CN)c1ccc(/C(C#N)=C/c2ccc(OCc3ccccc3)cc2)cc1. The molecule has 0 spiro atoms. The van der Waals surface area contributed by atoms with Crippen molar-refractivity contribution in [3.63, 3.8) is 0 Å². The molecule has 0 radical (unpaired) electrons. The Hall–Kier alpha value is -3.35. The van der Waals surface area contributed by atoms with Crippen LogP contribution in [0.25, 0.3) is 11.6 Å². The summed E-state index contributed by atoms with van der Waals surface area (Å²) in [5, 5.41) is 9.62. The molecule has 0 heterocycles. The molecule has 0 aliphatic rings. The molecule has 0 aliphatic heterocycles. The Balaban J connectivity index is 1.71. The Bertz CT molecular complexity index is 995. The van der Waals surface area contributed by atoms with Crippen molar-refractivity contribution >= 4 is 11.6 Å². The maximum Gasteiger partial charge on any atom is 0.119 e. The van der Waals surface area contributed by atoms with E-state index in [1.807, 2.05) is 84.9 Å². The lowest BCUT2D eigenvalue weighted by molar-refractivity contribution is 0.306. The zero-order chi connectivity index (χ0) is 20.7. The van der Waals surface area contributed by atoms with Crippen LogP contribution in [0, 0.1) is 11.3 Å². The standard InChI is InChI=1S/C26H26N2O/c1-26(2,19-28)24-12-10-22(11-13-24)23(17-27)16-20-8-14-25(15-9-20)29-18-21-6-4-3-5-7-21/h3-16H,18-19,28H2,1-2H3/b23-16+. The highest BCUT2D eigenvalue weighted by atomic mass is 16.5. The number of hydrogen-bond acceptors (Lipinski definition) is 3. The highest BCUT2D eigenvalue weighted by Crippen LogP contribution is 2.25. The quantitative estimate of drug-likeness (QED) is 0.429. The first kappa shape index (κ1) is 20.4. The molecule has 3 aromatic carbocycles. The summed E-state index contributed by atoms with van der Waals surface area (Å²) in [4.78, 5) is 0. The van der Waals surface area contributed by atoms with Gasteiger partial charge in [-0.2, -0.15) is 5.26 Å². The normalized spacial score (nSPS) is 11.7. The molecule has 3 rings (SSSR count). The summed E-state index contributed by atoms with van der Waals surface area (Å²) in [7, 11) is 0. The van der Waals surface area contributed by atoms with Crippen molar-refractivity contribution in [2.45, 2.75) is 25.9 Å². The van der Waals surface area contributed by atoms with Gasteiger partial charge in [0.2, 0.25) is 0 Å². The van der Waals surface area contributed by atoms with Crippen LogP contribution in [-0.2, 0) is 12.0 Å². The van der Waals surface area contributed by atoms with Gasteiger partial charge in [0, 0.05) is 12.0 Å². The Morgan fingerprint density at radius 1 is 0.966 bits per heavy atom. The lowest BCUT2D eigenvalue weighted by atomic mass is 9.84. The fourth-order valence-corrected chi connectivity index (χ4v) is 2.97. The smallest absolute Gasteiger partial charge is 0.119 e. The van der Waals surface area contributed by atoms with Crippen molar-refractivity contribution in [3.8, 4) is 11.8 Å². The average Bonchev–Trinajstić information content (AvgIpc) is 2.77. The van der Waals surface area contributed by atoms with E-state index in [1.54, 1.807) is 0 Å². The van der Waals surface area contributed by atoms with Crippen LogP contribution in [0.15, 0.2) is 78.9 Å². The predicted molar refractivity (Wildman–Crippen MR) is 119 cm³/mol. The van der Waals surface area contributed by atoms with Crippen molar-refractivity contribution in [2.75, 3.05) is 6.54 Å². The molecule has 0 aliphatic carbocycles. The third kappa shape index (κ3) is 5.34. The van der Waals surface area contributed by atoms with Crippen LogP contribution < -0.4 is 10.5 Å². The van der Waals surface area contributed by atoms with Crippen LogP contribution in [0.5, 0.6) is 5.75 Å². The van der Waals surface area contributed by atoms with Gasteiger partial charge in [0.05, 0.1) is 11.6 Å². The number of rotatable bonds is 7. The molecule has 146 valence electrons. The van der Waals surface area contributed by atoms with Crippen LogP contribution in [0.1, 0.15) is 36.1 Å². The van der Waals surface area contributed by atoms with Crippen LogP contribution >= 0.6 is 0 Å². The molecule has 3 nitrogen and oxygen atoms in total. The first-order valence-electron chi connectivity index (χ1n) is 9.71. The van der Waals surface area contributed by atoms with Gasteiger partial charge >= 0.3 is 0 Å². The first-order chi connectivity index (χ1) is 14.0. The minimum absolute atomic E-state index is 0.0787. The van der Waals surface area contributed by atoms with Gasteiger partial charge in [0.25, 0.3) is 0 Å². The van der Waals surface area contributed by atoms with Crippen molar-refractivity contribution in [3.05, 3.63) is 101 Å². The largest absolute Gasteiger partial charge is 0.489 e. The van der Waals surface area contributed by atoms with E-state index in [1.165, 1.54) is 5.56 Å². The molecular formula is C26H26N2O. The maximum absolute atomic E-state index is 9.62. The Morgan fingerprint density at radius 2 is 1.62 bits per heavy atom. The van der Waals surface area contributed by atoms with Crippen molar-refractivity contribution < 1.29 is 4.74 Å². The summed E-state index contributed by atoms with van der Waals surface area (Å²) >= 11 is 0. The molecule has 0 saturated carbocycles. The molecule has 0 bridgehead atoms. The highest BCUT2D eigenvalue weighted by Gasteiger charge is 2.18. The molecule has 0 aromatic heterocycles. The molecule has 29 heavy (non-hydrogen) atoms. The van der Waals surface area contributed by atoms with Crippen molar-refractivity contribution in [1.82, 2.24) is 0 Å². The van der Waals surface area contributed by atoms with Gasteiger partial charge in [-0.15, -0.1) is 0 Å². The topological polar surface area (TPSA) is 59.0 Å². The minimum atomic E-state index is -0.0787. The summed E-state index contributed by atoms with van der Waals surface area (Å²) in [5.74, 6) is 0.804. The van der Waals surface area contributed by atoms with E-state index in [4.69, 9.17) is 10.5 Å². The van der Waals surface area contributed by atoms with Crippen LogP contribution in [0.3, 0.4) is 0 Å². The second kappa shape index (κ2) is 9.23. The van der Waals surface area contributed by atoms with Gasteiger partial charge < -0.3 is 10.5 Å². The van der Waals surface area contributed by atoms with E-state index >= 15 is 0 Å². The first-order valence-corrected chi connectivity index (χ1v) is 9.71. The molecule has 3 aromatic rings. The summed E-state index contributed by atoms with van der Waals surface area (Å²) < 4.78 is 5.82. The molecule has 0 fully saturated rings. The number of benzene rings is 3. The van der Waals surface area contributed by atoms with E-state index < -0.39 is 0 Å². The van der Waals surface area contributed by atoms with Crippen LogP contribution in [-0.4, -0.2) is 6.54 Å². The third-order valence-corrected chi connectivity index (χ3v) is 5.05. The van der Waals surface area contributed by atoms with Gasteiger partial charge in [-0.1, -0.05) is 80.6 Å². The molecule has 0 unspecified atom stereocenters. The molecule has 2 N–H and O–H groups in total. The monoisotopic (exact) mass is 382 g/mol. The van der Waals surface area contributed by atoms with E-state index in [0.717, 1.165) is 22.4 Å². The fourth-order valence-electron chi connectivity index (χ4n) is 2.97. The fraction of sp³-hybridized carbons (Fsp3) is 0.192. The molecular weight excluding hydrogens is 356 g/mol. The van der Waals surface area contributed by atoms with Gasteiger partial charge in [0.1, 0.15) is 12.4 Å². The summed E-state index contributed by atoms with van der Waals surface area (Å²) in [6.45, 7) is 5.34. The third-order valence-electron chi connectivity index (χ3n) is 5.05. The van der Waals surface area contributed by atoms with Gasteiger partial charge in [-0.3, -0.25) is 0 Å². The number of ether oxygens (including phenoxy) is 1. The predicted octanol–water partition coefficient (Wildman–Crippen LogP) is 5.57. The average molecular weight is 383 g/mol. The second-order valence-electron chi connectivity index (χ2n) is 7.68. The molecule has 0 saturated heterocycles. The Labute approximate surface area is 173 Å². The highest BCUT2D eigenvalue weighted by molar-refractivity contribution is 5.89. The molecule has 0 amide bonds. The number of nitriles is 1. The lowest BCUT2D eigenvalue weighted by Gasteiger charge is -2.23. The summed E-state index contributed by atoms with van der Waals surface area (Å²) in [5.41, 5.74) is 10.6.